The van der Waals surface area contributed by atoms with Crippen LogP contribution in [0.15, 0.2) is 54.6 Å². The Hall–Kier alpha value is -3.27. The summed E-state index contributed by atoms with van der Waals surface area (Å²) in [6, 6.07) is 13.5. The molecule has 0 radical (unpaired) electrons. The summed E-state index contributed by atoms with van der Waals surface area (Å²) in [6.07, 6.45) is -5.31. The van der Waals surface area contributed by atoms with Gasteiger partial charge in [0.15, 0.2) is 0 Å². The fourth-order valence-corrected chi connectivity index (χ4v) is 3.90. The van der Waals surface area contributed by atoms with Crippen molar-refractivity contribution >= 4 is 17.7 Å². The summed E-state index contributed by atoms with van der Waals surface area (Å²) in [5, 5.41) is 14.2. The lowest BCUT2D eigenvalue weighted by atomic mass is 9.82. The molecule has 7 nitrogen and oxygen atoms in total. The fraction of sp³-hybridized carbons (Fsp3) is 0.391. The second kappa shape index (κ2) is 9.70. The van der Waals surface area contributed by atoms with Gasteiger partial charge in [-0.3, -0.25) is 4.79 Å². The minimum absolute atomic E-state index is 0.187. The summed E-state index contributed by atoms with van der Waals surface area (Å²) in [6.45, 7) is 4.53. The monoisotopic (exact) mass is 465 g/mol. The molecule has 178 valence electrons. The van der Waals surface area contributed by atoms with Gasteiger partial charge in [-0.1, -0.05) is 42.5 Å². The number of esters is 1. The number of alkyl halides is 3. The van der Waals surface area contributed by atoms with Crippen molar-refractivity contribution in [1.82, 2.24) is 10.6 Å². The molecule has 10 heteroatoms. The highest BCUT2D eigenvalue weighted by Crippen LogP contribution is 2.43. The van der Waals surface area contributed by atoms with Gasteiger partial charge in [-0.2, -0.15) is 13.2 Å². The van der Waals surface area contributed by atoms with Gasteiger partial charge in [0.05, 0.1) is 12.6 Å². The smallest absolute Gasteiger partial charge is 0.437 e. The van der Waals surface area contributed by atoms with Crippen molar-refractivity contribution in [1.29, 1.82) is 0 Å². The fourth-order valence-electron chi connectivity index (χ4n) is 3.90. The normalized spacial score (nSPS) is 22.8. The van der Waals surface area contributed by atoms with Gasteiger partial charge in [0.2, 0.25) is 0 Å². The number of ether oxygens (including phenoxy) is 1. The van der Waals surface area contributed by atoms with E-state index in [1.54, 1.807) is 12.1 Å². The Morgan fingerprint density at radius 1 is 1.12 bits per heavy atom. The number of amides is 2. The Kier molecular flexibility index (Phi) is 7.16. The first-order valence-corrected chi connectivity index (χ1v) is 10.5. The maximum atomic E-state index is 13.8. The van der Waals surface area contributed by atoms with Gasteiger partial charge in [-0.25, -0.2) is 4.79 Å². The van der Waals surface area contributed by atoms with Crippen molar-refractivity contribution in [2.24, 2.45) is 5.92 Å². The molecule has 33 heavy (non-hydrogen) atoms. The van der Waals surface area contributed by atoms with Crippen molar-refractivity contribution in [3.8, 4) is 0 Å². The average Bonchev–Trinajstić information content (AvgIpc) is 2.77. The molecule has 2 aromatic carbocycles. The van der Waals surface area contributed by atoms with Crippen LogP contribution in [-0.4, -0.2) is 42.2 Å². The molecular formula is C23H26F3N3O4. The zero-order chi connectivity index (χ0) is 24.2. The molecule has 0 bridgehead atoms. The highest BCUT2D eigenvalue weighted by atomic mass is 19.4. The summed E-state index contributed by atoms with van der Waals surface area (Å²) in [5.41, 5.74) is -1.66. The lowest BCUT2D eigenvalue weighted by Crippen LogP contribution is -2.73. The van der Waals surface area contributed by atoms with E-state index in [4.69, 9.17) is 4.74 Å². The molecule has 1 heterocycles. The number of nitrogens with one attached hydrogen (secondary N) is 2. The van der Waals surface area contributed by atoms with Crippen molar-refractivity contribution in [2.75, 3.05) is 18.1 Å². The molecule has 3 atom stereocenters. The lowest BCUT2D eigenvalue weighted by molar-refractivity contribution is -0.294. The summed E-state index contributed by atoms with van der Waals surface area (Å²) in [7, 11) is 0. The number of benzene rings is 2. The molecule has 0 spiro atoms. The molecule has 0 saturated carbocycles. The third-order valence-corrected chi connectivity index (χ3v) is 5.56. The summed E-state index contributed by atoms with van der Waals surface area (Å²) in [4.78, 5) is 26.6. The predicted octanol–water partition coefficient (Wildman–Crippen LogP) is 3.50. The van der Waals surface area contributed by atoms with Gasteiger partial charge in [0.25, 0.3) is 5.72 Å². The van der Waals surface area contributed by atoms with Crippen molar-refractivity contribution in [3.05, 3.63) is 65.7 Å². The number of hydrogen-bond donors (Lipinski definition) is 3. The number of carbonyl (C=O) groups excluding carboxylic acids is 2. The van der Waals surface area contributed by atoms with Gasteiger partial charge in [0.1, 0.15) is 5.92 Å². The standard InChI is InChI=1S/C23H26F3N3O4/c1-3-29(14-15-8-6-5-7-9-15)17-12-10-16(11-13-17)19-18(20(30)33-4-2)22(32,23(24,25)26)28-21(31)27-19/h5-13,18-19,32H,3-4,14H2,1-2H3,(H2,27,28,31)/t18-,19-,22+/m0/s1. The first-order chi connectivity index (χ1) is 15.6. The number of hydrogen-bond acceptors (Lipinski definition) is 5. The third-order valence-electron chi connectivity index (χ3n) is 5.56. The summed E-state index contributed by atoms with van der Waals surface area (Å²) >= 11 is 0. The topological polar surface area (TPSA) is 90.9 Å². The molecule has 1 saturated heterocycles. The van der Waals surface area contributed by atoms with E-state index in [0.29, 0.717) is 13.1 Å². The Balaban J connectivity index is 1.93. The van der Waals surface area contributed by atoms with E-state index in [-0.39, 0.29) is 12.2 Å². The number of anilines is 1. The first-order valence-electron chi connectivity index (χ1n) is 10.5. The number of rotatable bonds is 7. The van der Waals surface area contributed by atoms with E-state index in [0.717, 1.165) is 11.3 Å². The van der Waals surface area contributed by atoms with E-state index in [1.807, 2.05) is 37.3 Å². The van der Waals surface area contributed by atoms with E-state index in [9.17, 15) is 27.9 Å². The van der Waals surface area contributed by atoms with Crippen LogP contribution in [0.3, 0.4) is 0 Å². The van der Waals surface area contributed by atoms with Crippen LogP contribution in [0.25, 0.3) is 0 Å². The van der Waals surface area contributed by atoms with Crippen LogP contribution < -0.4 is 15.5 Å². The number of aliphatic hydroxyl groups is 1. The van der Waals surface area contributed by atoms with E-state index >= 15 is 0 Å². The molecule has 2 aromatic rings. The molecule has 3 rings (SSSR count). The number of urea groups is 1. The van der Waals surface area contributed by atoms with Crippen LogP contribution in [0.2, 0.25) is 0 Å². The van der Waals surface area contributed by atoms with Gasteiger partial charge < -0.3 is 25.4 Å². The second-order valence-corrected chi connectivity index (χ2v) is 7.66. The molecule has 0 aliphatic carbocycles. The van der Waals surface area contributed by atoms with Gasteiger partial charge in [0, 0.05) is 18.8 Å². The Bertz CT molecular complexity index is 969. The lowest BCUT2D eigenvalue weighted by Gasteiger charge is -2.44. The zero-order valence-corrected chi connectivity index (χ0v) is 18.2. The SMILES string of the molecule is CCOC(=O)[C@@H]1[C@H](c2ccc(N(CC)Cc3ccccc3)cc2)NC(=O)N[C@]1(O)C(F)(F)F. The van der Waals surface area contributed by atoms with E-state index in [1.165, 1.54) is 24.4 Å². The van der Waals surface area contributed by atoms with Gasteiger partial charge >= 0.3 is 18.2 Å². The maximum absolute atomic E-state index is 13.8. The van der Waals surface area contributed by atoms with E-state index in [2.05, 4.69) is 10.2 Å². The largest absolute Gasteiger partial charge is 0.466 e. The van der Waals surface area contributed by atoms with Crippen molar-refractivity contribution in [2.45, 2.75) is 38.3 Å². The first kappa shape index (κ1) is 24.4. The van der Waals surface area contributed by atoms with Crippen molar-refractivity contribution in [3.63, 3.8) is 0 Å². The van der Waals surface area contributed by atoms with Crippen LogP contribution in [-0.2, 0) is 16.1 Å². The molecule has 1 aliphatic rings. The molecule has 1 aliphatic heterocycles. The van der Waals surface area contributed by atoms with E-state index < -0.39 is 35.9 Å². The molecule has 3 N–H and O–H groups in total. The predicted molar refractivity (Wildman–Crippen MR) is 115 cm³/mol. The minimum atomic E-state index is -5.31. The number of nitrogens with zero attached hydrogens (tertiary/aromatic N) is 1. The second-order valence-electron chi connectivity index (χ2n) is 7.66. The molecular weight excluding hydrogens is 439 g/mol. The highest BCUT2D eigenvalue weighted by molar-refractivity contribution is 5.83. The molecule has 0 unspecified atom stereocenters. The van der Waals surface area contributed by atoms with Crippen LogP contribution in [0, 0.1) is 5.92 Å². The maximum Gasteiger partial charge on any atom is 0.437 e. The van der Waals surface area contributed by atoms with Gasteiger partial charge in [-0.15, -0.1) is 0 Å². The molecule has 0 aromatic heterocycles. The Morgan fingerprint density at radius 2 is 1.76 bits per heavy atom. The number of carbonyl (C=O) groups is 2. The average molecular weight is 465 g/mol. The van der Waals surface area contributed by atoms with Crippen LogP contribution in [0.4, 0.5) is 23.7 Å². The third kappa shape index (κ3) is 5.05. The summed E-state index contributed by atoms with van der Waals surface area (Å²) < 4.78 is 46.1. The molecule has 1 fully saturated rings. The van der Waals surface area contributed by atoms with Crippen LogP contribution in [0.1, 0.15) is 31.0 Å². The summed E-state index contributed by atoms with van der Waals surface area (Å²) in [5.74, 6) is -3.43. The number of halogens is 3. The molecule has 2 amide bonds. The Labute approximate surface area is 189 Å². The highest BCUT2D eigenvalue weighted by Gasteiger charge is 2.67. The van der Waals surface area contributed by atoms with Gasteiger partial charge in [-0.05, 0) is 37.1 Å². The Morgan fingerprint density at radius 3 is 2.30 bits per heavy atom. The quantitative estimate of drug-likeness (QED) is 0.545. The van der Waals surface area contributed by atoms with Crippen LogP contribution >= 0.6 is 0 Å². The van der Waals surface area contributed by atoms with Crippen molar-refractivity contribution < 1.29 is 32.6 Å². The van der Waals surface area contributed by atoms with Crippen LogP contribution in [0.5, 0.6) is 0 Å². The minimum Gasteiger partial charge on any atom is -0.466 e. The zero-order valence-electron chi connectivity index (χ0n) is 18.2.